The minimum Gasteiger partial charge on any atom is -0.484 e. The first-order chi connectivity index (χ1) is 13.4. The third-order valence-electron chi connectivity index (χ3n) is 3.53. The molecule has 1 heterocycles. The summed E-state index contributed by atoms with van der Waals surface area (Å²) >= 11 is 0. The van der Waals surface area contributed by atoms with Crippen molar-refractivity contribution in [2.75, 3.05) is 13.2 Å². The van der Waals surface area contributed by atoms with E-state index >= 15 is 0 Å². The van der Waals surface area contributed by atoms with Crippen LogP contribution in [0.15, 0.2) is 42.6 Å². The lowest BCUT2D eigenvalue weighted by atomic mass is 10.2. The van der Waals surface area contributed by atoms with Gasteiger partial charge < -0.3 is 14.8 Å². The Morgan fingerprint density at radius 2 is 1.62 bits per heavy atom. The smallest absolute Gasteiger partial charge is 0.422 e. The predicted molar refractivity (Wildman–Crippen MR) is 89.3 cm³/mol. The third kappa shape index (κ3) is 7.51. The lowest BCUT2D eigenvalue weighted by Crippen LogP contribution is -2.31. The molecule has 1 N–H and O–H groups in total. The predicted octanol–water partition coefficient (Wildman–Crippen LogP) is 4.30. The Labute approximate surface area is 161 Å². The maximum atomic E-state index is 12.5. The van der Waals surface area contributed by atoms with Gasteiger partial charge >= 0.3 is 12.4 Å². The van der Waals surface area contributed by atoms with Crippen molar-refractivity contribution < 1.29 is 40.6 Å². The molecule has 2 rings (SSSR count). The zero-order valence-corrected chi connectivity index (χ0v) is 15.0. The van der Waals surface area contributed by atoms with Gasteiger partial charge in [0.25, 0.3) is 5.91 Å². The minimum absolute atomic E-state index is 0.0739. The maximum absolute atomic E-state index is 12.5. The summed E-state index contributed by atoms with van der Waals surface area (Å²) in [5.41, 5.74) is -0.469. The van der Waals surface area contributed by atoms with Gasteiger partial charge in [-0.3, -0.25) is 9.78 Å². The highest BCUT2D eigenvalue weighted by molar-refractivity contribution is 5.77. The van der Waals surface area contributed by atoms with Gasteiger partial charge in [0.15, 0.2) is 13.2 Å². The number of hydrogen-bond donors (Lipinski definition) is 1. The van der Waals surface area contributed by atoms with Crippen molar-refractivity contribution >= 4 is 5.91 Å². The Morgan fingerprint density at radius 1 is 1.00 bits per heavy atom. The quantitative estimate of drug-likeness (QED) is 0.676. The fourth-order valence-corrected chi connectivity index (χ4v) is 2.14. The van der Waals surface area contributed by atoms with Crippen molar-refractivity contribution in [2.24, 2.45) is 0 Å². The van der Waals surface area contributed by atoms with Crippen LogP contribution in [-0.4, -0.2) is 30.3 Å². The first-order valence-electron chi connectivity index (χ1n) is 8.19. The van der Waals surface area contributed by atoms with Gasteiger partial charge in [-0.2, -0.15) is 26.3 Å². The van der Waals surface area contributed by atoms with Gasteiger partial charge in [0.1, 0.15) is 11.5 Å². The minimum atomic E-state index is -4.47. The molecule has 5 nitrogen and oxygen atoms in total. The maximum Gasteiger partial charge on any atom is 0.422 e. The van der Waals surface area contributed by atoms with E-state index in [9.17, 15) is 31.1 Å². The molecule has 0 saturated heterocycles. The Morgan fingerprint density at radius 3 is 2.14 bits per heavy atom. The number of nitrogens with zero attached hydrogens (tertiary/aromatic N) is 1. The van der Waals surface area contributed by atoms with Crippen molar-refractivity contribution in [2.45, 2.75) is 25.3 Å². The Hall–Kier alpha value is -2.98. The van der Waals surface area contributed by atoms with Gasteiger partial charge in [0.05, 0.1) is 23.5 Å². The second kappa shape index (κ2) is 9.01. The van der Waals surface area contributed by atoms with E-state index in [1.807, 2.05) is 0 Å². The van der Waals surface area contributed by atoms with Gasteiger partial charge in [-0.05, 0) is 43.3 Å². The van der Waals surface area contributed by atoms with Crippen molar-refractivity contribution in [3.63, 3.8) is 0 Å². The van der Waals surface area contributed by atoms with E-state index < -0.39 is 43.1 Å². The molecular weight excluding hydrogens is 406 g/mol. The zero-order valence-electron chi connectivity index (χ0n) is 15.0. The number of rotatable bonds is 7. The average Bonchev–Trinajstić information content (AvgIpc) is 2.64. The number of benzene rings is 1. The molecular formula is C18H16F6N2O3. The summed E-state index contributed by atoms with van der Waals surface area (Å²) in [7, 11) is 0. The molecule has 1 unspecified atom stereocenters. The highest BCUT2D eigenvalue weighted by Crippen LogP contribution is 2.30. The van der Waals surface area contributed by atoms with Crippen LogP contribution in [0, 0.1) is 0 Å². The molecule has 11 heteroatoms. The molecule has 0 fully saturated rings. The number of aromatic nitrogens is 1. The summed E-state index contributed by atoms with van der Waals surface area (Å²) in [6, 6.07) is 5.96. The fraction of sp³-hybridized carbons (Fsp3) is 0.333. The molecule has 1 atom stereocenters. The second-order valence-corrected chi connectivity index (χ2v) is 5.92. The third-order valence-corrected chi connectivity index (χ3v) is 3.53. The number of carbonyl (C=O) groups is 1. The average molecular weight is 422 g/mol. The Kier molecular flexibility index (Phi) is 6.93. The number of pyridine rings is 1. The SMILES string of the molecule is CC(NC(=O)COc1ccc(C(F)(F)F)cc1)c1ccc(OCC(F)(F)F)cn1. The summed E-state index contributed by atoms with van der Waals surface area (Å²) in [5, 5.41) is 2.55. The first kappa shape index (κ1) is 22.3. The number of carbonyl (C=O) groups excluding carboxylic acids is 1. The largest absolute Gasteiger partial charge is 0.484 e. The normalized spacial score (nSPS) is 12.9. The Bertz CT molecular complexity index is 804. The van der Waals surface area contributed by atoms with Crippen LogP contribution in [0.5, 0.6) is 11.5 Å². The molecule has 0 spiro atoms. The molecule has 1 aromatic heterocycles. The van der Waals surface area contributed by atoms with E-state index in [0.29, 0.717) is 5.69 Å². The van der Waals surface area contributed by atoms with E-state index in [2.05, 4.69) is 15.0 Å². The van der Waals surface area contributed by atoms with Gasteiger partial charge in [0.2, 0.25) is 0 Å². The lowest BCUT2D eigenvalue weighted by Gasteiger charge is -2.15. The number of alkyl halides is 6. The van der Waals surface area contributed by atoms with Crippen molar-refractivity contribution in [1.29, 1.82) is 0 Å². The van der Waals surface area contributed by atoms with Crippen LogP contribution in [0.25, 0.3) is 0 Å². The summed E-state index contributed by atoms with van der Waals surface area (Å²) in [5.74, 6) is -0.545. The highest BCUT2D eigenvalue weighted by Gasteiger charge is 2.30. The molecule has 0 aliphatic rings. The molecule has 1 aromatic carbocycles. The standard InChI is InChI=1S/C18H16F6N2O3/c1-11(15-7-6-14(8-25-15)29-10-17(19,20)21)26-16(27)9-28-13-4-2-12(3-5-13)18(22,23)24/h2-8,11H,9-10H2,1H3,(H,26,27). The molecule has 1 amide bonds. The van der Waals surface area contributed by atoms with Crippen LogP contribution in [0.1, 0.15) is 24.2 Å². The lowest BCUT2D eigenvalue weighted by molar-refractivity contribution is -0.153. The highest BCUT2D eigenvalue weighted by atomic mass is 19.4. The number of nitrogens with one attached hydrogen (secondary N) is 1. The molecule has 0 bridgehead atoms. The first-order valence-corrected chi connectivity index (χ1v) is 8.19. The summed E-state index contributed by atoms with van der Waals surface area (Å²) < 4.78 is 83.5. The molecule has 158 valence electrons. The summed E-state index contributed by atoms with van der Waals surface area (Å²) in [4.78, 5) is 15.8. The van der Waals surface area contributed by atoms with E-state index in [1.165, 1.54) is 12.1 Å². The molecule has 0 saturated carbocycles. The number of amides is 1. The summed E-state index contributed by atoms with van der Waals surface area (Å²) in [6.45, 7) is -0.293. The van der Waals surface area contributed by atoms with Crippen LogP contribution >= 0.6 is 0 Å². The molecule has 0 radical (unpaired) electrons. The monoisotopic (exact) mass is 422 g/mol. The van der Waals surface area contributed by atoms with E-state index in [1.54, 1.807) is 6.92 Å². The van der Waals surface area contributed by atoms with Gasteiger partial charge in [0, 0.05) is 0 Å². The van der Waals surface area contributed by atoms with Crippen LogP contribution < -0.4 is 14.8 Å². The topological polar surface area (TPSA) is 60.5 Å². The number of hydrogen-bond acceptors (Lipinski definition) is 4. The summed E-state index contributed by atoms with van der Waals surface area (Å²) in [6.07, 6.45) is -7.83. The van der Waals surface area contributed by atoms with E-state index in [0.717, 1.165) is 30.5 Å². The molecule has 2 aromatic rings. The number of halogens is 6. The van der Waals surface area contributed by atoms with Crippen molar-refractivity contribution in [3.05, 3.63) is 53.9 Å². The molecule has 0 aliphatic carbocycles. The van der Waals surface area contributed by atoms with E-state index in [-0.39, 0.29) is 11.5 Å². The van der Waals surface area contributed by atoms with Gasteiger partial charge in [-0.1, -0.05) is 0 Å². The molecule has 0 aliphatic heterocycles. The zero-order chi connectivity index (χ0) is 21.7. The van der Waals surface area contributed by atoms with E-state index in [4.69, 9.17) is 4.74 Å². The second-order valence-electron chi connectivity index (χ2n) is 5.92. The van der Waals surface area contributed by atoms with Crippen LogP contribution in [0.3, 0.4) is 0 Å². The van der Waals surface area contributed by atoms with Crippen LogP contribution in [0.4, 0.5) is 26.3 Å². The number of ether oxygens (including phenoxy) is 2. The van der Waals surface area contributed by atoms with Crippen LogP contribution in [0.2, 0.25) is 0 Å². The van der Waals surface area contributed by atoms with Gasteiger partial charge in [-0.15, -0.1) is 0 Å². The Balaban J connectivity index is 1.82. The van der Waals surface area contributed by atoms with Crippen molar-refractivity contribution in [1.82, 2.24) is 10.3 Å². The van der Waals surface area contributed by atoms with Gasteiger partial charge in [-0.25, -0.2) is 0 Å². The fourth-order valence-electron chi connectivity index (χ4n) is 2.14. The van der Waals surface area contributed by atoms with Crippen LogP contribution in [-0.2, 0) is 11.0 Å². The molecule has 29 heavy (non-hydrogen) atoms. The van der Waals surface area contributed by atoms with Crippen molar-refractivity contribution in [3.8, 4) is 11.5 Å².